The Morgan fingerprint density at radius 1 is 1.23 bits per heavy atom. The molecule has 0 aliphatic heterocycles. The summed E-state index contributed by atoms with van der Waals surface area (Å²) in [6.07, 6.45) is 2.30. The lowest BCUT2D eigenvalue weighted by atomic mass is 9.98. The summed E-state index contributed by atoms with van der Waals surface area (Å²) in [4.78, 5) is 0. The van der Waals surface area contributed by atoms with Crippen LogP contribution in [0.5, 0.6) is 5.75 Å². The van der Waals surface area contributed by atoms with Crippen LogP contribution >= 0.6 is 0 Å². The number of phenols is 1. The molecule has 0 spiro atoms. The molecule has 120 valence electrons. The lowest BCUT2D eigenvalue weighted by Crippen LogP contribution is -1.97. The molecule has 0 saturated carbocycles. The fourth-order valence-corrected chi connectivity index (χ4v) is 2.26. The molecule has 0 saturated heterocycles. The molecule has 0 aliphatic rings. The number of hydrogen-bond donors (Lipinski definition) is 4. The maximum Gasteiger partial charge on any atom is 0.124 e. The molecule has 1 aromatic rings. The van der Waals surface area contributed by atoms with Crippen molar-refractivity contribution in [1.82, 2.24) is 0 Å². The molecule has 0 radical (unpaired) electrons. The zero-order valence-electron chi connectivity index (χ0n) is 13.3. The quantitative estimate of drug-likeness (QED) is 0.481. The van der Waals surface area contributed by atoms with E-state index in [0.717, 1.165) is 11.1 Å². The van der Waals surface area contributed by atoms with Crippen LogP contribution in [-0.4, -0.2) is 27.0 Å². The summed E-state index contributed by atoms with van der Waals surface area (Å²) in [5.74, 6) is 0.185. The molecule has 4 N–H and O–H groups in total. The van der Waals surface area contributed by atoms with E-state index < -0.39 is 0 Å². The van der Waals surface area contributed by atoms with Gasteiger partial charge in [-0.1, -0.05) is 24.3 Å². The number of benzene rings is 1. The molecule has 1 rings (SSSR count). The minimum Gasteiger partial charge on any atom is -0.508 e. The Morgan fingerprint density at radius 3 is 2.41 bits per heavy atom. The van der Waals surface area contributed by atoms with Gasteiger partial charge in [-0.3, -0.25) is 0 Å². The van der Waals surface area contributed by atoms with E-state index in [9.17, 15) is 15.3 Å². The predicted octanol–water partition coefficient (Wildman–Crippen LogP) is 3.06. The standard InChI is InChI=1S/C18H24O4/c1-11(5-12(2)17(21)14(4)9-19)6-15-7-13(3)18(22)16(8-15)10-20/h5,7-8,19-22H,1,6,9-10H2,2-4H3/b12-5-,17-14-. The average molecular weight is 304 g/mol. The van der Waals surface area contributed by atoms with Gasteiger partial charge in [0, 0.05) is 5.56 Å². The van der Waals surface area contributed by atoms with Crippen LogP contribution < -0.4 is 0 Å². The van der Waals surface area contributed by atoms with E-state index in [-0.39, 0.29) is 24.7 Å². The molecular formula is C18H24O4. The van der Waals surface area contributed by atoms with Gasteiger partial charge in [-0.05, 0) is 55.5 Å². The van der Waals surface area contributed by atoms with Gasteiger partial charge in [0.2, 0.25) is 0 Å². The molecule has 0 unspecified atom stereocenters. The van der Waals surface area contributed by atoms with Crippen LogP contribution in [0, 0.1) is 6.92 Å². The molecular weight excluding hydrogens is 280 g/mol. The van der Waals surface area contributed by atoms with Gasteiger partial charge in [0.05, 0.1) is 13.2 Å². The van der Waals surface area contributed by atoms with Crippen LogP contribution in [0.4, 0.5) is 0 Å². The Morgan fingerprint density at radius 2 is 1.86 bits per heavy atom. The van der Waals surface area contributed by atoms with E-state index >= 15 is 0 Å². The number of rotatable bonds is 6. The van der Waals surface area contributed by atoms with Crippen molar-refractivity contribution in [1.29, 1.82) is 0 Å². The smallest absolute Gasteiger partial charge is 0.124 e. The SMILES string of the molecule is C=C(/C=C(C)\C(O)=C(/C)CO)Cc1cc(C)c(O)c(CO)c1. The van der Waals surface area contributed by atoms with Crippen molar-refractivity contribution in [2.24, 2.45) is 0 Å². The second-order valence-corrected chi connectivity index (χ2v) is 5.53. The number of aromatic hydroxyl groups is 1. The van der Waals surface area contributed by atoms with E-state index in [4.69, 9.17) is 5.11 Å². The van der Waals surface area contributed by atoms with Gasteiger partial charge in [-0.15, -0.1) is 0 Å². The Hall–Kier alpha value is -2.04. The van der Waals surface area contributed by atoms with Gasteiger partial charge in [0.25, 0.3) is 0 Å². The van der Waals surface area contributed by atoms with E-state index in [1.165, 1.54) is 0 Å². The summed E-state index contributed by atoms with van der Waals surface area (Å²) >= 11 is 0. The Kier molecular flexibility index (Phi) is 6.40. The highest BCUT2D eigenvalue weighted by atomic mass is 16.3. The van der Waals surface area contributed by atoms with Crippen LogP contribution in [0.3, 0.4) is 0 Å². The minimum absolute atomic E-state index is 0.0709. The van der Waals surface area contributed by atoms with Gasteiger partial charge in [0.1, 0.15) is 11.5 Å². The fraction of sp³-hybridized carbons (Fsp3) is 0.333. The summed E-state index contributed by atoms with van der Waals surface area (Å²) in [6.45, 7) is 8.74. The average Bonchev–Trinajstić information content (AvgIpc) is 2.48. The maximum atomic E-state index is 9.91. The van der Waals surface area contributed by atoms with E-state index in [2.05, 4.69) is 6.58 Å². The zero-order chi connectivity index (χ0) is 16.9. The largest absolute Gasteiger partial charge is 0.508 e. The molecule has 0 aromatic heterocycles. The first-order chi connectivity index (χ1) is 10.3. The minimum atomic E-state index is -0.221. The van der Waals surface area contributed by atoms with Gasteiger partial charge < -0.3 is 20.4 Å². The molecule has 0 bridgehead atoms. The zero-order valence-corrected chi connectivity index (χ0v) is 13.3. The molecule has 0 amide bonds. The van der Waals surface area contributed by atoms with Crippen molar-refractivity contribution >= 4 is 0 Å². The molecule has 22 heavy (non-hydrogen) atoms. The Labute approximate surface area is 131 Å². The third-order valence-corrected chi connectivity index (χ3v) is 3.48. The van der Waals surface area contributed by atoms with E-state index in [1.807, 2.05) is 6.07 Å². The summed E-state index contributed by atoms with van der Waals surface area (Å²) < 4.78 is 0. The molecule has 1 aromatic carbocycles. The molecule has 0 atom stereocenters. The monoisotopic (exact) mass is 304 g/mol. The predicted molar refractivity (Wildman–Crippen MR) is 87.8 cm³/mol. The molecule has 4 heteroatoms. The lowest BCUT2D eigenvalue weighted by molar-refractivity contribution is 0.275. The lowest BCUT2D eigenvalue weighted by Gasteiger charge is -2.10. The third-order valence-electron chi connectivity index (χ3n) is 3.48. The third kappa shape index (κ3) is 4.48. The van der Waals surface area contributed by atoms with Crippen molar-refractivity contribution in [3.05, 3.63) is 64.0 Å². The van der Waals surface area contributed by atoms with E-state index in [1.54, 1.807) is 32.9 Å². The first-order valence-corrected chi connectivity index (χ1v) is 7.08. The van der Waals surface area contributed by atoms with Crippen LogP contribution in [-0.2, 0) is 13.0 Å². The normalized spacial score (nSPS) is 13.0. The van der Waals surface area contributed by atoms with Gasteiger partial charge in [-0.25, -0.2) is 0 Å². The van der Waals surface area contributed by atoms with Crippen molar-refractivity contribution in [2.45, 2.75) is 33.8 Å². The van der Waals surface area contributed by atoms with Crippen molar-refractivity contribution in [3.8, 4) is 5.75 Å². The van der Waals surface area contributed by atoms with Crippen molar-refractivity contribution in [2.75, 3.05) is 6.61 Å². The first kappa shape index (κ1) is 18.0. The summed E-state index contributed by atoms with van der Waals surface area (Å²) in [6, 6.07) is 3.59. The molecule has 0 aliphatic carbocycles. The van der Waals surface area contributed by atoms with Crippen LogP contribution in [0.15, 0.2) is 47.3 Å². The number of aliphatic hydroxyl groups is 3. The van der Waals surface area contributed by atoms with Crippen LogP contribution in [0.1, 0.15) is 30.5 Å². The van der Waals surface area contributed by atoms with Crippen molar-refractivity contribution < 1.29 is 20.4 Å². The molecule has 4 nitrogen and oxygen atoms in total. The highest BCUT2D eigenvalue weighted by molar-refractivity contribution is 5.45. The highest BCUT2D eigenvalue weighted by Gasteiger charge is 2.08. The van der Waals surface area contributed by atoms with Gasteiger partial charge >= 0.3 is 0 Å². The van der Waals surface area contributed by atoms with Gasteiger partial charge in [0.15, 0.2) is 0 Å². The first-order valence-electron chi connectivity index (χ1n) is 7.08. The number of aliphatic hydroxyl groups excluding tert-OH is 3. The second kappa shape index (κ2) is 7.82. The number of aryl methyl sites for hydroxylation is 1. The number of allylic oxidation sites excluding steroid dienone is 3. The van der Waals surface area contributed by atoms with Crippen LogP contribution in [0.25, 0.3) is 0 Å². The molecule has 0 fully saturated rings. The van der Waals surface area contributed by atoms with E-state index in [0.29, 0.717) is 28.7 Å². The Bertz CT molecular complexity index is 624. The fourth-order valence-electron chi connectivity index (χ4n) is 2.26. The van der Waals surface area contributed by atoms with Crippen LogP contribution in [0.2, 0.25) is 0 Å². The van der Waals surface area contributed by atoms with Crippen molar-refractivity contribution in [3.63, 3.8) is 0 Å². The topological polar surface area (TPSA) is 80.9 Å². The second-order valence-electron chi connectivity index (χ2n) is 5.53. The Balaban J connectivity index is 2.97. The maximum absolute atomic E-state index is 9.91. The van der Waals surface area contributed by atoms with Gasteiger partial charge in [-0.2, -0.15) is 0 Å². The summed E-state index contributed by atoms with van der Waals surface area (Å²) in [5, 5.41) is 38.0. The highest BCUT2D eigenvalue weighted by Crippen LogP contribution is 2.25. The summed E-state index contributed by atoms with van der Waals surface area (Å²) in [5.41, 5.74) is 4.04. The molecule has 0 heterocycles. The number of hydrogen-bond acceptors (Lipinski definition) is 4. The summed E-state index contributed by atoms with van der Waals surface area (Å²) in [7, 11) is 0.